The monoisotopic (exact) mass is 507 g/mol. The summed E-state index contributed by atoms with van der Waals surface area (Å²) in [6.45, 7) is 3.20. The molecule has 10 heteroatoms. The topological polar surface area (TPSA) is 136 Å². The molecule has 35 heavy (non-hydrogen) atoms. The number of unbranched alkanes of at least 4 members (excludes halogenated alkanes) is 1. The van der Waals surface area contributed by atoms with Gasteiger partial charge in [0.1, 0.15) is 12.6 Å². The minimum absolute atomic E-state index is 0.0988. The fourth-order valence-corrected chi connectivity index (χ4v) is 5.11. The van der Waals surface area contributed by atoms with E-state index in [-0.39, 0.29) is 19.4 Å². The van der Waals surface area contributed by atoms with E-state index >= 15 is 0 Å². The third kappa shape index (κ3) is 9.20. The molecule has 0 aromatic heterocycles. The Hall–Kier alpha value is -3.14. The van der Waals surface area contributed by atoms with Crippen LogP contribution in [0.3, 0.4) is 0 Å². The van der Waals surface area contributed by atoms with Crippen LogP contribution in [0.4, 0.5) is 4.79 Å². The van der Waals surface area contributed by atoms with E-state index in [4.69, 9.17) is 4.74 Å². The van der Waals surface area contributed by atoms with Gasteiger partial charge >= 0.3 is 12.1 Å². The number of carbonyl (C=O) groups excluding carboxylic acids is 2. The first kappa shape index (κ1) is 28.1. The van der Waals surface area contributed by atoms with Gasteiger partial charge in [-0.25, -0.2) is 18.0 Å². The lowest BCUT2D eigenvalue weighted by Gasteiger charge is -2.21. The van der Waals surface area contributed by atoms with Crippen LogP contribution in [-0.2, 0) is 35.3 Å². The molecule has 2 rings (SSSR count). The molecular formula is C25H33NO8S. The number of aliphatic carboxylic acids is 1. The number of hydrogen-bond donors (Lipinski definition) is 2. The molecule has 192 valence electrons. The summed E-state index contributed by atoms with van der Waals surface area (Å²) < 4.78 is 35.0. The Labute approximate surface area is 205 Å². The number of carboxylic acid groups (broad SMARTS) is 1. The fraction of sp³-hybridized carbons (Fsp3) is 0.480. The van der Waals surface area contributed by atoms with E-state index in [2.05, 4.69) is 10.1 Å². The smallest absolute Gasteiger partial charge is 0.480 e. The number of ether oxygens (including phenoxy) is 2. The highest BCUT2D eigenvalue weighted by molar-refractivity contribution is 7.91. The maximum absolute atomic E-state index is 13.2. The second-order valence-electron chi connectivity index (χ2n) is 8.23. The van der Waals surface area contributed by atoms with Gasteiger partial charge in [0.05, 0.1) is 24.0 Å². The van der Waals surface area contributed by atoms with Crippen LogP contribution < -0.4 is 5.32 Å². The van der Waals surface area contributed by atoms with Gasteiger partial charge in [-0.1, -0.05) is 62.2 Å². The predicted molar refractivity (Wildman–Crippen MR) is 132 cm³/mol. The first-order valence-electron chi connectivity index (χ1n) is 11.7. The number of fused-ring (bicyclic) bond motifs is 1. The number of carboxylic acids is 1. The van der Waals surface area contributed by atoms with Crippen molar-refractivity contribution in [1.29, 1.82) is 0 Å². The van der Waals surface area contributed by atoms with Crippen LogP contribution in [0.1, 0.15) is 38.7 Å². The highest BCUT2D eigenvalue weighted by atomic mass is 32.2. The van der Waals surface area contributed by atoms with E-state index in [0.717, 1.165) is 22.8 Å². The summed E-state index contributed by atoms with van der Waals surface area (Å²) in [7, 11) is -3.82. The average Bonchev–Trinajstić information content (AvgIpc) is 2.81. The summed E-state index contributed by atoms with van der Waals surface area (Å²) in [4.78, 5) is 36.1. The molecule has 2 atom stereocenters. The number of rotatable bonds is 14. The van der Waals surface area contributed by atoms with E-state index in [1.165, 1.54) is 0 Å². The minimum atomic E-state index is -3.82. The summed E-state index contributed by atoms with van der Waals surface area (Å²) in [5, 5.41) is 13.9. The predicted octanol–water partition coefficient (Wildman–Crippen LogP) is 3.35. The Morgan fingerprint density at radius 3 is 2.43 bits per heavy atom. The van der Waals surface area contributed by atoms with Crippen molar-refractivity contribution in [1.82, 2.24) is 5.32 Å². The van der Waals surface area contributed by atoms with Gasteiger partial charge in [0, 0.05) is 0 Å². The van der Waals surface area contributed by atoms with Crippen LogP contribution >= 0.6 is 0 Å². The standard InChI is InChI=1S/C25H33NO8S/c1-3-5-13-22(24(28)29)26-23(27)20(17-35(31,32)15-14-34-25(30)33-4-2)16-19-11-8-10-18-9-6-7-12-21(18)19/h6-12,20,22H,3-5,13-17H2,1-2H3,(H,26,27)(H,28,29)/t20-,22+/m1/s1. The van der Waals surface area contributed by atoms with Crippen LogP contribution in [0.2, 0.25) is 0 Å². The maximum atomic E-state index is 13.2. The van der Waals surface area contributed by atoms with Gasteiger partial charge < -0.3 is 19.9 Å². The second kappa shape index (κ2) is 13.7. The van der Waals surface area contributed by atoms with Crippen molar-refractivity contribution in [3.8, 4) is 0 Å². The molecule has 0 radical (unpaired) electrons. The lowest BCUT2D eigenvalue weighted by atomic mass is 9.95. The Morgan fingerprint density at radius 1 is 1.03 bits per heavy atom. The lowest BCUT2D eigenvalue weighted by Crippen LogP contribution is -2.45. The van der Waals surface area contributed by atoms with Gasteiger partial charge in [0.2, 0.25) is 5.91 Å². The van der Waals surface area contributed by atoms with E-state index in [1.54, 1.807) is 6.92 Å². The molecule has 0 unspecified atom stereocenters. The number of hydrogen-bond acceptors (Lipinski definition) is 7. The Balaban J connectivity index is 2.24. The van der Waals surface area contributed by atoms with Gasteiger partial charge in [-0.05, 0) is 36.1 Å². The molecule has 0 saturated carbocycles. The van der Waals surface area contributed by atoms with Crippen molar-refractivity contribution in [2.45, 2.75) is 45.6 Å². The van der Waals surface area contributed by atoms with Crippen LogP contribution in [-0.4, -0.2) is 62.3 Å². The van der Waals surface area contributed by atoms with Crippen LogP contribution in [0.25, 0.3) is 10.8 Å². The number of carbonyl (C=O) groups is 3. The summed E-state index contributed by atoms with van der Waals surface area (Å²) in [6.07, 6.45) is 0.750. The summed E-state index contributed by atoms with van der Waals surface area (Å²) in [5.74, 6) is -3.84. The normalized spacial score (nSPS) is 13.1. The Morgan fingerprint density at radius 2 is 1.74 bits per heavy atom. The molecule has 0 heterocycles. The summed E-state index contributed by atoms with van der Waals surface area (Å²) >= 11 is 0. The molecule has 2 aromatic carbocycles. The van der Waals surface area contributed by atoms with Crippen molar-refractivity contribution >= 4 is 38.6 Å². The van der Waals surface area contributed by atoms with E-state index in [0.29, 0.717) is 6.42 Å². The molecule has 0 aliphatic rings. The second-order valence-corrected chi connectivity index (χ2v) is 10.5. The van der Waals surface area contributed by atoms with Crippen LogP contribution in [0, 0.1) is 5.92 Å². The molecule has 0 spiro atoms. The van der Waals surface area contributed by atoms with Gasteiger partial charge in [0.15, 0.2) is 9.84 Å². The van der Waals surface area contributed by atoms with Gasteiger partial charge in [-0.2, -0.15) is 0 Å². The highest BCUT2D eigenvalue weighted by Gasteiger charge is 2.30. The van der Waals surface area contributed by atoms with Crippen molar-refractivity contribution in [3.63, 3.8) is 0 Å². The number of benzene rings is 2. The van der Waals surface area contributed by atoms with E-state index < -0.39 is 57.9 Å². The molecule has 0 aliphatic carbocycles. The fourth-order valence-electron chi connectivity index (χ4n) is 3.72. The molecule has 0 fully saturated rings. The van der Waals surface area contributed by atoms with Crippen molar-refractivity contribution in [2.24, 2.45) is 5.92 Å². The minimum Gasteiger partial charge on any atom is -0.480 e. The molecule has 0 bridgehead atoms. The van der Waals surface area contributed by atoms with Gasteiger partial charge in [0.25, 0.3) is 0 Å². The third-order valence-electron chi connectivity index (χ3n) is 5.51. The number of nitrogens with one attached hydrogen (secondary N) is 1. The first-order chi connectivity index (χ1) is 16.7. The Kier molecular flexibility index (Phi) is 11.0. The SMILES string of the molecule is CCCC[C@H](NC(=O)[C@H](Cc1cccc2ccccc12)CS(=O)(=O)CCOC(=O)OCC)C(=O)O. The van der Waals surface area contributed by atoms with Gasteiger partial charge in [-0.15, -0.1) is 0 Å². The largest absolute Gasteiger partial charge is 0.508 e. The van der Waals surface area contributed by atoms with E-state index in [1.807, 2.05) is 49.4 Å². The molecule has 2 aromatic rings. The first-order valence-corrected chi connectivity index (χ1v) is 13.5. The number of amides is 1. The van der Waals surface area contributed by atoms with Gasteiger partial charge in [-0.3, -0.25) is 4.79 Å². The molecule has 0 aliphatic heterocycles. The highest BCUT2D eigenvalue weighted by Crippen LogP contribution is 2.22. The average molecular weight is 508 g/mol. The van der Waals surface area contributed by atoms with Crippen molar-refractivity contribution < 1.29 is 37.4 Å². The summed E-state index contributed by atoms with van der Waals surface area (Å²) in [6, 6.07) is 12.0. The molecule has 0 saturated heterocycles. The molecule has 2 N–H and O–H groups in total. The molecule has 9 nitrogen and oxygen atoms in total. The molecular weight excluding hydrogens is 474 g/mol. The maximum Gasteiger partial charge on any atom is 0.508 e. The van der Waals surface area contributed by atoms with E-state index in [9.17, 15) is 27.9 Å². The van der Waals surface area contributed by atoms with Crippen LogP contribution in [0.5, 0.6) is 0 Å². The zero-order valence-electron chi connectivity index (χ0n) is 20.1. The quantitative estimate of drug-likeness (QED) is 0.372. The van der Waals surface area contributed by atoms with Crippen molar-refractivity contribution in [2.75, 3.05) is 24.7 Å². The molecule has 1 amide bonds. The Bertz CT molecular complexity index is 1110. The third-order valence-corrected chi connectivity index (χ3v) is 7.21. The van der Waals surface area contributed by atoms with Crippen molar-refractivity contribution in [3.05, 3.63) is 48.0 Å². The lowest BCUT2D eigenvalue weighted by molar-refractivity contribution is -0.142. The zero-order chi connectivity index (χ0) is 25.8. The van der Waals surface area contributed by atoms with Crippen LogP contribution in [0.15, 0.2) is 42.5 Å². The summed E-state index contributed by atoms with van der Waals surface area (Å²) in [5.41, 5.74) is 0.779. The zero-order valence-corrected chi connectivity index (χ0v) is 20.9. The number of sulfone groups is 1.